The zero-order chi connectivity index (χ0) is 15.0. The number of piperidine rings is 1. The zero-order valence-corrected chi connectivity index (χ0v) is 13.0. The van der Waals surface area contributed by atoms with Crippen molar-refractivity contribution in [2.24, 2.45) is 5.92 Å². The van der Waals surface area contributed by atoms with E-state index in [2.05, 4.69) is 10.0 Å². The van der Waals surface area contributed by atoms with Crippen LogP contribution in [0.1, 0.15) is 18.9 Å². The van der Waals surface area contributed by atoms with Crippen LogP contribution in [0, 0.1) is 12.8 Å². The third-order valence-electron chi connectivity index (χ3n) is 4.05. The first kappa shape index (κ1) is 14.6. The van der Waals surface area contributed by atoms with E-state index in [9.17, 15) is 8.42 Å². The maximum absolute atomic E-state index is 12.6. The topological polar surface area (TPSA) is 76.7 Å². The van der Waals surface area contributed by atoms with Crippen molar-refractivity contribution < 1.29 is 17.9 Å². The molecule has 1 aromatic carbocycles. The maximum atomic E-state index is 12.6. The van der Waals surface area contributed by atoms with Gasteiger partial charge < -0.3 is 14.8 Å². The summed E-state index contributed by atoms with van der Waals surface area (Å²) >= 11 is 0. The van der Waals surface area contributed by atoms with E-state index in [0.29, 0.717) is 17.1 Å². The van der Waals surface area contributed by atoms with E-state index in [1.54, 1.807) is 19.1 Å². The highest BCUT2D eigenvalue weighted by atomic mass is 32.2. The van der Waals surface area contributed by atoms with Crippen molar-refractivity contribution in [1.82, 2.24) is 10.0 Å². The minimum atomic E-state index is -3.56. The number of aryl methyl sites for hydroxylation is 1. The zero-order valence-electron chi connectivity index (χ0n) is 12.2. The van der Waals surface area contributed by atoms with Gasteiger partial charge in [0.25, 0.3) is 0 Å². The van der Waals surface area contributed by atoms with Crippen LogP contribution in [-0.4, -0.2) is 34.3 Å². The van der Waals surface area contributed by atoms with Gasteiger partial charge in [-0.3, -0.25) is 0 Å². The molecule has 7 heteroatoms. The van der Waals surface area contributed by atoms with Gasteiger partial charge in [-0.25, -0.2) is 13.1 Å². The van der Waals surface area contributed by atoms with Crippen molar-refractivity contribution in [2.45, 2.75) is 31.2 Å². The molecule has 0 radical (unpaired) electrons. The lowest BCUT2D eigenvalue weighted by Crippen LogP contribution is -2.48. The molecule has 1 aromatic rings. The van der Waals surface area contributed by atoms with Gasteiger partial charge in [0.15, 0.2) is 11.5 Å². The molecule has 1 fully saturated rings. The van der Waals surface area contributed by atoms with E-state index in [1.807, 2.05) is 6.92 Å². The molecule has 0 saturated carbocycles. The summed E-state index contributed by atoms with van der Waals surface area (Å²) in [5.74, 6) is 1.35. The van der Waals surface area contributed by atoms with Gasteiger partial charge in [0.05, 0.1) is 4.90 Å². The van der Waals surface area contributed by atoms with Gasteiger partial charge >= 0.3 is 0 Å². The summed E-state index contributed by atoms with van der Waals surface area (Å²) in [6, 6.07) is 3.22. The highest BCUT2D eigenvalue weighted by Gasteiger charge is 2.29. The Hall–Kier alpha value is -1.31. The molecule has 2 atom stereocenters. The monoisotopic (exact) mass is 312 g/mol. The molecule has 21 heavy (non-hydrogen) atoms. The Kier molecular flexibility index (Phi) is 3.81. The fraction of sp³-hybridized carbons (Fsp3) is 0.571. The molecule has 2 aliphatic heterocycles. The molecule has 2 unspecified atom stereocenters. The van der Waals surface area contributed by atoms with Crippen LogP contribution in [-0.2, 0) is 10.0 Å². The van der Waals surface area contributed by atoms with E-state index < -0.39 is 10.0 Å². The number of fused-ring (bicyclic) bond motifs is 1. The van der Waals surface area contributed by atoms with Crippen molar-refractivity contribution in [2.75, 3.05) is 19.9 Å². The van der Waals surface area contributed by atoms with Crippen molar-refractivity contribution in [3.05, 3.63) is 17.7 Å². The number of nitrogens with one attached hydrogen (secondary N) is 2. The second-order valence-electron chi connectivity index (χ2n) is 5.67. The summed E-state index contributed by atoms with van der Waals surface area (Å²) in [6.45, 7) is 5.61. The largest absolute Gasteiger partial charge is 0.454 e. The lowest BCUT2D eigenvalue weighted by molar-refractivity contribution is 0.174. The number of rotatable bonds is 3. The third kappa shape index (κ3) is 2.86. The van der Waals surface area contributed by atoms with Crippen molar-refractivity contribution in [3.63, 3.8) is 0 Å². The summed E-state index contributed by atoms with van der Waals surface area (Å²) in [7, 11) is -3.56. The summed E-state index contributed by atoms with van der Waals surface area (Å²) < 4.78 is 38.7. The summed E-state index contributed by atoms with van der Waals surface area (Å²) in [5.41, 5.74) is 0.660. The number of ether oxygens (including phenoxy) is 2. The van der Waals surface area contributed by atoms with E-state index in [0.717, 1.165) is 19.5 Å². The summed E-state index contributed by atoms with van der Waals surface area (Å²) in [4.78, 5) is 0.262. The van der Waals surface area contributed by atoms with Gasteiger partial charge in [0.1, 0.15) is 0 Å². The molecule has 0 amide bonds. The fourth-order valence-electron chi connectivity index (χ4n) is 2.77. The minimum absolute atomic E-state index is 0.0407. The Morgan fingerprint density at radius 1 is 1.29 bits per heavy atom. The van der Waals surface area contributed by atoms with Crippen LogP contribution >= 0.6 is 0 Å². The van der Waals surface area contributed by atoms with Gasteiger partial charge in [0.2, 0.25) is 16.8 Å². The van der Waals surface area contributed by atoms with Gasteiger partial charge in [-0.1, -0.05) is 6.92 Å². The van der Waals surface area contributed by atoms with Crippen molar-refractivity contribution in [3.8, 4) is 11.5 Å². The van der Waals surface area contributed by atoms with Crippen LogP contribution in [0.15, 0.2) is 17.0 Å². The molecule has 3 rings (SSSR count). The van der Waals surface area contributed by atoms with Crippen LogP contribution in [0.4, 0.5) is 0 Å². The number of hydrogen-bond acceptors (Lipinski definition) is 5. The summed E-state index contributed by atoms with van der Waals surface area (Å²) in [6.07, 6.45) is 0.796. The van der Waals surface area contributed by atoms with Crippen LogP contribution in [0.2, 0.25) is 0 Å². The van der Waals surface area contributed by atoms with Gasteiger partial charge in [0, 0.05) is 12.1 Å². The molecule has 0 aliphatic carbocycles. The first-order chi connectivity index (χ1) is 9.97. The second-order valence-corrected chi connectivity index (χ2v) is 7.35. The van der Waals surface area contributed by atoms with Crippen LogP contribution in [0.3, 0.4) is 0 Å². The molecule has 1 saturated heterocycles. The average Bonchev–Trinajstić information content (AvgIpc) is 2.87. The molecular formula is C14H20N2O4S. The Bertz CT molecular complexity index is 645. The normalized spacial score (nSPS) is 25.0. The lowest BCUT2D eigenvalue weighted by Gasteiger charge is -2.30. The third-order valence-corrected chi connectivity index (χ3v) is 5.68. The molecule has 116 valence electrons. The lowest BCUT2D eigenvalue weighted by atomic mass is 9.97. The van der Waals surface area contributed by atoms with E-state index in [-0.39, 0.29) is 23.6 Å². The highest BCUT2D eigenvalue weighted by molar-refractivity contribution is 7.89. The van der Waals surface area contributed by atoms with Gasteiger partial charge in [-0.2, -0.15) is 0 Å². The minimum Gasteiger partial charge on any atom is -0.454 e. The summed E-state index contributed by atoms with van der Waals surface area (Å²) in [5, 5.41) is 3.26. The fourth-order valence-corrected chi connectivity index (χ4v) is 4.39. The van der Waals surface area contributed by atoms with Crippen LogP contribution < -0.4 is 19.5 Å². The molecule has 2 N–H and O–H groups in total. The standard InChI is InChI=1S/C14H20N2O4S/c1-9-5-12-13(20-8-19-12)6-14(9)21(17,18)16-11-3-4-15-7-10(11)2/h5-6,10-11,15-16H,3-4,7-8H2,1-2H3. The Morgan fingerprint density at radius 2 is 2.00 bits per heavy atom. The molecule has 0 bridgehead atoms. The Balaban J connectivity index is 1.88. The number of sulfonamides is 1. The maximum Gasteiger partial charge on any atom is 0.241 e. The van der Waals surface area contributed by atoms with Crippen molar-refractivity contribution >= 4 is 10.0 Å². The van der Waals surface area contributed by atoms with E-state index in [1.165, 1.54) is 0 Å². The SMILES string of the molecule is Cc1cc2c(cc1S(=O)(=O)NC1CCNCC1C)OCO2. The smallest absolute Gasteiger partial charge is 0.241 e. The van der Waals surface area contributed by atoms with Gasteiger partial charge in [-0.15, -0.1) is 0 Å². The van der Waals surface area contributed by atoms with E-state index in [4.69, 9.17) is 9.47 Å². The predicted molar refractivity (Wildman–Crippen MR) is 78.1 cm³/mol. The van der Waals surface area contributed by atoms with E-state index >= 15 is 0 Å². The predicted octanol–water partition coefficient (Wildman–Crippen LogP) is 1.00. The van der Waals surface area contributed by atoms with Crippen LogP contribution in [0.5, 0.6) is 11.5 Å². The first-order valence-corrected chi connectivity index (χ1v) is 8.59. The Morgan fingerprint density at radius 3 is 2.71 bits per heavy atom. The average molecular weight is 312 g/mol. The number of hydrogen-bond donors (Lipinski definition) is 2. The molecular weight excluding hydrogens is 292 g/mol. The number of benzene rings is 1. The molecule has 0 aromatic heterocycles. The Labute approximate surface area is 124 Å². The molecule has 0 spiro atoms. The first-order valence-electron chi connectivity index (χ1n) is 7.10. The second kappa shape index (κ2) is 5.47. The van der Waals surface area contributed by atoms with Gasteiger partial charge in [-0.05, 0) is 44.0 Å². The molecule has 6 nitrogen and oxygen atoms in total. The quantitative estimate of drug-likeness (QED) is 0.871. The van der Waals surface area contributed by atoms with Crippen LogP contribution in [0.25, 0.3) is 0 Å². The molecule has 2 aliphatic rings. The highest BCUT2D eigenvalue weighted by Crippen LogP contribution is 2.36. The van der Waals surface area contributed by atoms with Crippen molar-refractivity contribution in [1.29, 1.82) is 0 Å². The molecule has 2 heterocycles.